The average molecular weight is 280 g/mol. The molecule has 0 aromatic carbocycles. The molecular formula is C9H7F3N2O5. The van der Waals surface area contributed by atoms with E-state index in [1.165, 1.54) is 0 Å². The highest BCUT2D eigenvalue weighted by atomic mass is 19.4. The van der Waals surface area contributed by atoms with E-state index >= 15 is 0 Å². The predicted molar refractivity (Wildman–Crippen MR) is 53.7 cm³/mol. The van der Waals surface area contributed by atoms with E-state index < -0.39 is 34.4 Å². The third-order valence-corrected chi connectivity index (χ3v) is 1.96. The number of nitrogens with zero attached hydrogens (tertiary/aromatic N) is 2. The van der Waals surface area contributed by atoms with Crippen molar-refractivity contribution < 1.29 is 32.4 Å². The number of hydrogen-bond donors (Lipinski definition) is 0. The Morgan fingerprint density at radius 3 is 2.47 bits per heavy atom. The second kappa shape index (κ2) is 5.08. The third kappa shape index (κ3) is 3.53. The van der Waals surface area contributed by atoms with E-state index in [1.54, 1.807) is 0 Å². The van der Waals surface area contributed by atoms with Gasteiger partial charge in [0.2, 0.25) is 5.88 Å². The maximum atomic E-state index is 12.0. The lowest BCUT2D eigenvalue weighted by Crippen LogP contribution is -2.19. The van der Waals surface area contributed by atoms with Gasteiger partial charge >= 0.3 is 12.3 Å². The lowest BCUT2D eigenvalue weighted by Gasteiger charge is -2.10. The minimum Gasteiger partial charge on any atom is -0.465 e. The second-order valence-electron chi connectivity index (χ2n) is 3.24. The van der Waals surface area contributed by atoms with Crippen LogP contribution in [0.5, 0.6) is 5.88 Å². The van der Waals surface area contributed by atoms with Gasteiger partial charge in [0.05, 0.1) is 23.8 Å². The summed E-state index contributed by atoms with van der Waals surface area (Å²) >= 11 is 0. The lowest BCUT2D eigenvalue weighted by atomic mass is 10.1. The molecule has 1 rings (SSSR count). The smallest absolute Gasteiger partial charge is 0.465 e. The first-order valence-electron chi connectivity index (χ1n) is 4.66. The molecular weight excluding hydrogens is 273 g/mol. The molecule has 0 fully saturated rings. The number of methoxy groups -OCH3 is 1. The van der Waals surface area contributed by atoms with Crippen LogP contribution in [0, 0.1) is 17.0 Å². The van der Waals surface area contributed by atoms with Crippen LogP contribution < -0.4 is 4.74 Å². The van der Waals surface area contributed by atoms with E-state index in [0.29, 0.717) is 6.07 Å². The Morgan fingerprint density at radius 2 is 2.05 bits per heavy atom. The van der Waals surface area contributed by atoms with Gasteiger partial charge in [-0.25, -0.2) is 9.78 Å². The number of ether oxygens (including phenoxy) is 2. The lowest BCUT2D eigenvalue weighted by molar-refractivity contribution is -0.385. The number of hydrogen-bond acceptors (Lipinski definition) is 6. The molecule has 0 saturated carbocycles. The van der Waals surface area contributed by atoms with Gasteiger partial charge in [0, 0.05) is 0 Å². The van der Waals surface area contributed by atoms with E-state index in [1.807, 2.05) is 0 Å². The molecule has 19 heavy (non-hydrogen) atoms. The van der Waals surface area contributed by atoms with Crippen molar-refractivity contribution in [3.63, 3.8) is 0 Å². The van der Waals surface area contributed by atoms with Crippen LogP contribution in [0.25, 0.3) is 0 Å². The maximum Gasteiger partial charge on any atom is 0.574 e. The fraction of sp³-hybridized carbons (Fsp3) is 0.333. The summed E-state index contributed by atoms with van der Waals surface area (Å²) in [7, 11) is 0.978. The largest absolute Gasteiger partial charge is 0.574 e. The van der Waals surface area contributed by atoms with E-state index in [9.17, 15) is 28.1 Å². The number of aromatic nitrogens is 1. The highest BCUT2D eigenvalue weighted by Gasteiger charge is 2.34. The molecule has 0 aliphatic heterocycles. The molecule has 7 nitrogen and oxygen atoms in total. The van der Waals surface area contributed by atoms with Crippen LogP contribution >= 0.6 is 0 Å². The zero-order chi connectivity index (χ0) is 14.8. The molecule has 10 heteroatoms. The third-order valence-electron chi connectivity index (χ3n) is 1.96. The van der Waals surface area contributed by atoms with Gasteiger partial charge < -0.3 is 9.47 Å². The number of carbonyl (C=O) groups excluding carboxylic acids is 1. The number of rotatable bonds is 3. The zero-order valence-corrected chi connectivity index (χ0v) is 9.65. The molecule has 1 aromatic heterocycles. The van der Waals surface area contributed by atoms with E-state index in [-0.39, 0.29) is 5.69 Å². The first-order valence-corrected chi connectivity index (χ1v) is 4.66. The number of pyridine rings is 1. The molecule has 0 spiro atoms. The van der Waals surface area contributed by atoms with E-state index in [4.69, 9.17) is 0 Å². The van der Waals surface area contributed by atoms with Gasteiger partial charge in [0.25, 0.3) is 5.69 Å². The summed E-state index contributed by atoms with van der Waals surface area (Å²) in [5.74, 6) is -2.10. The van der Waals surface area contributed by atoms with Crippen molar-refractivity contribution >= 4 is 11.7 Å². The highest BCUT2D eigenvalue weighted by molar-refractivity contribution is 5.95. The molecule has 0 bridgehead atoms. The molecule has 0 radical (unpaired) electrons. The first kappa shape index (κ1) is 14.7. The number of nitro groups is 1. The Hall–Kier alpha value is -2.39. The number of carbonyl (C=O) groups is 1. The molecule has 0 aliphatic rings. The normalized spacial score (nSPS) is 11.0. The summed E-state index contributed by atoms with van der Waals surface area (Å²) in [6.45, 7) is 1.13. The van der Waals surface area contributed by atoms with Crippen molar-refractivity contribution in [1.29, 1.82) is 0 Å². The van der Waals surface area contributed by atoms with Crippen molar-refractivity contribution in [3.8, 4) is 5.88 Å². The summed E-state index contributed by atoms with van der Waals surface area (Å²) in [5.41, 5.74) is -1.71. The highest BCUT2D eigenvalue weighted by Crippen LogP contribution is 2.29. The quantitative estimate of drug-likeness (QED) is 0.477. The summed E-state index contributed by atoms with van der Waals surface area (Å²) in [6.07, 6.45) is -5.04. The minimum absolute atomic E-state index is 0.305. The Labute approximate surface area is 104 Å². The Balaban J connectivity index is 3.38. The van der Waals surface area contributed by atoms with Gasteiger partial charge in [-0.1, -0.05) is 0 Å². The van der Waals surface area contributed by atoms with Gasteiger partial charge in [-0.15, -0.1) is 13.2 Å². The monoisotopic (exact) mass is 280 g/mol. The zero-order valence-electron chi connectivity index (χ0n) is 9.65. The van der Waals surface area contributed by atoms with Crippen molar-refractivity contribution in [2.45, 2.75) is 13.3 Å². The van der Waals surface area contributed by atoms with Crippen LogP contribution in [0.4, 0.5) is 18.9 Å². The van der Waals surface area contributed by atoms with Gasteiger partial charge in [-0.3, -0.25) is 10.1 Å². The first-order chi connectivity index (χ1) is 8.65. The summed E-state index contributed by atoms with van der Waals surface area (Å²) in [5, 5.41) is 10.7. The van der Waals surface area contributed by atoms with Gasteiger partial charge in [-0.05, 0) is 6.92 Å². The Bertz CT molecular complexity index is 529. The summed E-state index contributed by atoms with van der Waals surface area (Å²) in [4.78, 5) is 24.4. The molecule has 0 N–H and O–H groups in total. The standard InChI is InChI=1S/C9H7F3N2O5/c1-4-7(8(15)18-2)5(14(16)17)3-6(13-4)19-9(10,11)12/h3H,1-2H3. The van der Waals surface area contributed by atoms with Crippen LogP contribution in [0.1, 0.15) is 16.1 Å². The molecule has 0 atom stereocenters. The molecule has 0 unspecified atom stereocenters. The van der Waals surface area contributed by atoms with Gasteiger partial charge in [0.15, 0.2) is 5.56 Å². The second-order valence-corrected chi connectivity index (χ2v) is 3.24. The van der Waals surface area contributed by atoms with Crippen LogP contribution in [0.3, 0.4) is 0 Å². The van der Waals surface area contributed by atoms with Crippen molar-refractivity contribution in [1.82, 2.24) is 4.98 Å². The minimum atomic E-state index is -5.04. The van der Waals surface area contributed by atoms with Gasteiger partial charge in [-0.2, -0.15) is 0 Å². The Morgan fingerprint density at radius 1 is 1.47 bits per heavy atom. The fourth-order valence-electron chi connectivity index (χ4n) is 1.30. The Kier molecular flexibility index (Phi) is 3.92. The van der Waals surface area contributed by atoms with Crippen LogP contribution in [0.15, 0.2) is 6.07 Å². The molecule has 0 amide bonds. The van der Waals surface area contributed by atoms with E-state index in [0.717, 1.165) is 14.0 Å². The summed E-state index contributed by atoms with van der Waals surface area (Å²) < 4.78 is 43.8. The fourth-order valence-corrected chi connectivity index (χ4v) is 1.30. The van der Waals surface area contributed by atoms with E-state index in [2.05, 4.69) is 14.5 Å². The number of halogens is 3. The van der Waals surface area contributed by atoms with Crippen molar-refractivity contribution in [2.75, 3.05) is 7.11 Å². The van der Waals surface area contributed by atoms with Gasteiger partial charge in [0.1, 0.15) is 0 Å². The SMILES string of the molecule is COC(=O)c1c([N+](=O)[O-])cc(OC(F)(F)F)nc1C. The summed E-state index contributed by atoms with van der Waals surface area (Å²) in [6, 6.07) is 0.409. The average Bonchev–Trinajstić information content (AvgIpc) is 2.24. The predicted octanol–water partition coefficient (Wildman–Crippen LogP) is 1.98. The maximum absolute atomic E-state index is 12.0. The van der Waals surface area contributed by atoms with Crippen LogP contribution in [-0.2, 0) is 4.74 Å². The van der Waals surface area contributed by atoms with Crippen molar-refractivity contribution in [2.24, 2.45) is 0 Å². The molecule has 0 aliphatic carbocycles. The van der Waals surface area contributed by atoms with Crippen LogP contribution in [-0.4, -0.2) is 29.3 Å². The molecule has 1 heterocycles. The number of aryl methyl sites for hydroxylation is 1. The van der Waals surface area contributed by atoms with Crippen LogP contribution in [0.2, 0.25) is 0 Å². The molecule has 104 valence electrons. The molecule has 1 aromatic rings. The number of esters is 1. The topological polar surface area (TPSA) is 91.6 Å². The molecule has 0 saturated heterocycles. The van der Waals surface area contributed by atoms with Crippen molar-refractivity contribution in [3.05, 3.63) is 27.4 Å². The number of alkyl halides is 3.